The largest absolute Gasteiger partial charge is 0.493 e. The minimum Gasteiger partial charge on any atom is -0.493 e. The molecule has 1 aliphatic rings. The van der Waals surface area contributed by atoms with E-state index in [-0.39, 0.29) is 22.7 Å². The van der Waals surface area contributed by atoms with Crippen LogP contribution in [0.2, 0.25) is 0 Å². The van der Waals surface area contributed by atoms with Gasteiger partial charge in [0.25, 0.3) is 5.91 Å². The third-order valence-corrected chi connectivity index (χ3v) is 5.65. The first-order valence-electron chi connectivity index (χ1n) is 10.6. The Labute approximate surface area is 195 Å². The fourth-order valence-electron chi connectivity index (χ4n) is 4.15. The van der Waals surface area contributed by atoms with E-state index in [9.17, 15) is 9.59 Å². The first-order chi connectivity index (χ1) is 16.5. The summed E-state index contributed by atoms with van der Waals surface area (Å²) in [5.41, 5.74) is 1.85. The maximum Gasteiger partial charge on any atom is 0.297 e. The first-order valence-corrected chi connectivity index (χ1v) is 10.6. The Morgan fingerprint density at radius 3 is 2.65 bits per heavy atom. The van der Waals surface area contributed by atoms with Gasteiger partial charge in [-0.2, -0.15) is 0 Å². The van der Waals surface area contributed by atoms with Crippen LogP contribution in [0.3, 0.4) is 0 Å². The molecule has 0 bridgehead atoms. The van der Waals surface area contributed by atoms with Gasteiger partial charge in [-0.3, -0.25) is 14.5 Å². The number of amides is 1. The van der Waals surface area contributed by atoms with Gasteiger partial charge in [-0.15, -0.1) is 0 Å². The van der Waals surface area contributed by atoms with Crippen molar-refractivity contribution < 1.29 is 18.7 Å². The molecule has 170 valence electrons. The molecule has 1 aliphatic heterocycles. The molecular formula is C26H21N3O5. The van der Waals surface area contributed by atoms with Crippen molar-refractivity contribution in [1.82, 2.24) is 9.97 Å². The Kier molecular flexibility index (Phi) is 5.33. The average molecular weight is 455 g/mol. The summed E-state index contributed by atoms with van der Waals surface area (Å²) in [6.07, 6.45) is 4.71. The summed E-state index contributed by atoms with van der Waals surface area (Å²) in [6, 6.07) is 11.4. The number of carbonyl (C=O) groups excluding carboxylic acids is 1. The smallest absolute Gasteiger partial charge is 0.297 e. The van der Waals surface area contributed by atoms with Crippen molar-refractivity contribution in [1.29, 1.82) is 0 Å². The van der Waals surface area contributed by atoms with E-state index < -0.39 is 11.9 Å². The number of fused-ring (bicyclic) bond motifs is 2. The summed E-state index contributed by atoms with van der Waals surface area (Å²) in [5, 5.41) is 0.408. The molecular weight excluding hydrogens is 434 g/mol. The zero-order valence-electron chi connectivity index (χ0n) is 18.6. The van der Waals surface area contributed by atoms with Crippen LogP contribution < -0.4 is 19.8 Å². The van der Waals surface area contributed by atoms with Crippen LogP contribution in [0.4, 0.5) is 5.95 Å². The summed E-state index contributed by atoms with van der Waals surface area (Å²) in [6.45, 7) is 5.86. The quantitative estimate of drug-likeness (QED) is 0.402. The van der Waals surface area contributed by atoms with E-state index in [0.29, 0.717) is 34.6 Å². The second kappa shape index (κ2) is 8.47. The van der Waals surface area contributed by atoms with Gasteiger partial charge >= 0.3 is 0 Å². The number of aromatic nitrogens is 2. The van der Waals surface area contributed by atoms with E-state index in [2.05, 4.69) is 16.5 Å². The Balaban J connectivity index is 1.76. The Morgan fingerprint density at radius 2 is 1.91 bits per heavy atom. The normalized spacial score (nSPS) is 14.8. The van der Waals surface area contributed by atoms with E-state index in [1.54, 1.807) is 42.5 Å². The third kappa shape index (κ3) is 3.40. The minimum absolute atomic E-state index is 0.0234. The maximum absolute atomic E-state index is 13.7. The molecule has 8 nitrogen and oxygen atoms in total. The van der Waals surface area contributed by atoms with Crippen LogP contribution in [-0.4, -0.2) is 29.6 Å². The molecule has 1 unspecified atom stereocenters. The van der Waals surface area contributed by atoms with Gasteiger partial charge in [0.05, 0.1) is 24.1 Å². The fraction of sp³-hybridized carbons (Fsp3) is 0.154. The number of rotatable bonds is 6. The highest BCUT2D eigenvalue weighted by Gasteiger charge is 2.45. The van der Waals surface area contributed by atoms with Crippen LogP contribution in [0.25, 0.3) is 11.0 Å². The van der Waals surface area contributed by atoms with Crippen LogP contribution in [0.15, 0.2) is 76.7 Å². The van der Waals surface area contributed by atoms with Gasteiger partial charge in [0.2, 0.25) is 11.7 Å². The van der Waals surface area contributed by atoms with Gasteiger partial charge in [-0.25, -0.2) is 9.97 Å². The Bertz CT molecular complexity index is 1480. The number of ether oxygens (including phenoxy) is 2. The second-order valence-electron chi connectivity index (χ2n) is 7.81. The number of anilines is 1. The van der Waals surface area contributed by atoms with Gasteiger partial charge in [-0.1, -0.05) is 30.4 Å². The lowest BCUT2D eigenvalue weighted by Crippen LogP contribution is -2.31. The van der Waals surface area contributed by atoms with Crippen molar-refractivity contribution in [2.45, 2.75) is 13.0 Å². The highest BCUT2D eigenvalue weighted by Crippen LogP contribution is 2.42. The fourth-order valence-corrected chi connectivity index (χ4v) is 4.15. The summed E-state index contributed by atoms with van der Waals surface area (Å²) >= 11 is 0. The van der Waals surface area contributed by atoms with E-state index in [0.717, 1.165) is 5.56 Å². The Hall–Kier alpha value is -4.46. The lowest BCUT2D eigenvalue weighted by atomic mass is 9.98. The monoisotopic (exact) mass is 455 g/mol. The molecule has 34 heavy (non-hydrogen) atoms. The zero-order valence-corrected chi connectivity index (χ0v) is 18.6. The second-order valence-corrected chi connectivity index (χ2v) is 7.81. The molecule has 0 aliphatic carbocycles. The highest BCUT2D eigenvalue weighted by molar-refractivity contribution is 6.09. The number of hydrogen-bond acceptors (Lipinski definition) is 7. The number of benzene rings is 2. The molecule has 3 heterocycles. The molecule has 5 rings (SSSR count). The molecule has 0 saturated heterocycles. The SMILES string of the molecule is C=CCOc1ccc(C2c3c(oc4ccc(C)cc4c3=O)C(=O)N2c2ncccn2)cc1OC. The van der Waals surface area contributed by atoms with Crippen LogP contribution in [0.1, 0.15) is 33.3 Å². The first kappa shape index (κ1) is 21.4. The number of hydrogen-bond donors (Lipinski definition) is 0. The number of aryl methyl sites for hydroxylation is 1. The molecule has 1 amide bonds. The Morgan fingerprint density at radius 1 is 1.12 bits per heavy atom. The maximum atomic E-state index is 13.7. The van der Waals surface area contributed by atoms with Crippen LogP contribution in [-0.2, 0) is 0 Å². The van der Waals surface area contributed by atoms with Gasteiger partial charge in [0.15, 0.2) is 16.9 Å². The lowest BCUT2D eigenvalue weighted by molar-refractivity contribution is 0.0969. The number of carbonyl (C=O) groups is 1. The van der Waals surface area contributed by atoms with E-state index in [1.807, 2.05) is 13.0 Å². The topological polar surface area (TPSA) is 94.8 Å². The molecule has 0 saturated carbocycles. The van der Waals surface area contributed by atoms with Crippen molar-refractivity contribution in [3.05, 3.63) is 100 Å². The highest BCUT2D eigenvalue weighted by atomic mass is 16.5. The standard InChI is InChI=1S/C26H21N3O5/c1-4-12-33-19-9-7-16(14-20(19)32-3)22-21-23(30)17-13-15(2)6-8-18(17)34-24(21)25(31)29(22)26-27-10-5-11-28-26/h4-11,13-14,22H,1,12H2,2-3H3. The van der Waals surface area contributed by atoms with Crippen molar-refractivity contribution >= 4 is 22.8 Å². The lowest BCUT2D eigenvalue weighted by Gasteiger charge is -2.23. The van der Waals surface area contributed by atoms with Crippen LogP contribution in [0.5, 0.6) is 11.5 Å². The molecule has 1 atom stereocenters. The van der Waals surface area contributed by atoms with Crippen molar-refractivity contribution in [3.63, 3.8) is 0 Å². The summed E-state index contributed by atoms with van der Waals surface area (Å²) < 4.78 is 17.2. The van der Waals surface area contributed by atoms with Gasteiger partial charge in [-0.05, 0) is 42.8 Å². The predicted molar refractivity (Wildman–Crippen MR) is 127 cm³/mol. The minimum atomic E-state index is -0.812. The molecule has 2 aromatic carbocycles. The molecule has 4 aromatic rings. The van der Waals surface area contributed by atoms with Crippen molar-refractivity contribution in [2.24, 2.45) is 0 Å². The zero-order chi connectivity index (χ0) is 23.8. The van der Waals surface area contributed by atoms with Gasteiger partial charge < -0.3 is 13.9 Å². The summed E-state index contributed by atoms with van der Waals surface area (Å²) in [7, 11) is 1.52. The third-order valence-electron chi connectivity index (χ3n) is 5.65. The molecule has 0 N–H and O–H groups in total. The number of methoxy groups -OCH3 is 1. The average Bonchev–Trinajstić information content (AvgIpc) is 3.16. The van der Waals surface area contributed by atoms with Gasteiger partial charge in [0, 0.05) is 12.4 Å². The molecule has 0 radical (unpaired) electrons. The number of nitrogens with zero attached hydrogens (tertiary/aromatic N) is 3. The van der Waals surface area contributed by atoms with E-state index >= 15 is 0 Å². The summed E-state index contributed by atoms with van der Waals surface area (Å²) in [4.78, 5) is 37.2. The van der Waals surface area contributed by atoms with Crippen LogP contribution >= 0.6 is 0 Å². The van der Waals surface area contributed by atoms with E-state index in [1.165, 1.54) is 24.4 Å². The predicted octanol–water partition coefficient (Wildman–Crippen LogP) is 4.21. The van der Waals surface area contributed by atoms with Crippen molar-refractivity contribution in [2.75, 3.05) is 18.6 Å². The van der Waals surface area contributed by atoms with Crippen molar-refractivity contribution in [3.8, 4) is 11.5 Å². The molecule has 0 spiro atoms. The molecule has 0 fully saturated rings. The summed E-state index contributed by atoms with van der Waals surface area (Å²) in [5.74, 6) is 0.616. The molecule has 8 heteroatoms. The van der Waals surface area contributed by atoms with Gasteiger partial charge in [0.1, 0.15) is 12.2 Å². The van der Waals surface area contributed by atoms with E-state index in [4.69, 9.17) is 13.9 Å². The van der Waals surface area contributed by atoms with Crippen LogP contribution in [0, 0.1) is 6.92 Å². The molecule has 2 aromatic heterocycles.